The van der Waals surface area contributed by atoms with Gasteiger partial charge in [-0.3, -0.25) is 4.79 Å². The number of carboxylic acid groups (broad SMARTS) is 1. The SMILES string of the molecule is CCCCCCCCCCCC(=O)N[C@H](C(=O)[O-])C(C)C.[Na+]. The number of carboxylic acids is 1. The van der Waals surface area contributed by atoms with Crippen molar-refractivity contribution in [1.29, 1.82) is 0 Å². The Balaban J connectivity index is 0. The van der Waals surface area contributed by atoms with E-state index in [2.05, 4.69) is 12.2 Å². The van der Waals surface area contributed by atoms with Gasteiger partial charge in [0.15, 0.2) is 0 Å². The third kappa shape index (κ3) is 13.6. The average Bonchev–Trinajstić information content (AvgIpc) is 2.42. The molecule has 0 unspecified atom stereocenters. The van der Waals surface area contributed by atoms with Crippen LogP contribution in [-0.4, -0.2) is 17.9 Å². The number of hydrogen-bond acceptors (Lipinski definition) is 3. The minimum atomic E-state index is -1.20. The fraction of sp³-hybridized carbons (Fsp3) is 0.882. The summed E-state index contributed by atoms with van der Waals surface area (Å²) in [5.41, 5.74) is 0. The Kier molecular flexibility index (Phi) is 17.4. The molecule has 0 aliphatic carbocycles. The van der Waals surface area contributed by atoms with E-state index < -0.39 is 12.0 Å². The second-order valence-corrected chi connectivity index (χ2v) is 6.19. The first-order valence-corrected chi connectivity index (χ1v) is 8.49. The van der Waals surface area contributed by atoms with Crippen molar-refractivity contribution < 1.29 is 44.3 Å². The second-order valence-electron chi connectivity index (χ2n) is 6.19. The molecule has 0 aromatic heterocycles. The van der Waals surface area contributed by atoms with Crippen LogP contribution >= 0.6 is 0 Å². The molecule has 0 aliphatic rings. The van der Waals surface area contributed by atoms with Crippen LogP contribution in [0.3, 0.4) is 0 Å². The first-order chi connectivity index (χ1) is 9.99. The van der Waals surface area contributed by atoms with Crippen LogP contribution in [-0.2, 0) is 9.59 Å². The van der Waals surface area contributed by atoms with Gasteiger partial charge in [0.05, 0.1) is 12.0 Å². The zero-order chi connectivity index (χ0) is 16.1. The molecule has 0 bridgehead atoms. The van der Waals surface area contributed by atoms with Crippen molar-refractivity contribution in [2.75, 3.05) is 0 Å². The molecule has 0 radical (unpaired) electrons. The molecule has 0 heterocycles. The van der Waals surface area contributed by atoms with Gasteiger partial charge in [0, 0.05) is 6.42 Å². The number of aliphatic carboxylic acids is 1. The van der Waals surface area contributed by atoms with Crippen molar-refractivity contribution in [1.82, 2.24) is 5.32 Å². The number of nitrogens with one attached hydrogen (secondary N) is 1. The zero-order valence-corrected chi connectivity index (χ0v) is 17.0. The molecule has 0 saturated heterocycles. The Hall–Kier alpha value is -0.0600. The maximum absolute atomic E-state index is 11.7. The summed E-state index contributed by atoms with van der Waals surface area (Å²) in [5, 5.41) is 13.4. The van der Waals surface area contributed by atoms with E-state index in [0.717, 1.165) is 19.3 Å². The van der Waals surface area contributed by atoms with Crippen LogP contribution in [0.4, 0.5) is 0 Å². The predicted molar refractivity (Wildman–Crippen MR) is 83.6 cm³/mol. The van der Waals surface area contributed by atoms with Crippen molar-refractivity contribution in [3.8, 4) is 0 Å². The van der Waals surface area contributed by atoms with Gasteiger partial charge in [-0.15, -0.1) is 0 Å². The van der Waals surface area contributed by atoms with Crippen LogP contribution in [0.5, 0.6) is 0 Å². The van der Waals surface area contributed by atoms with Crippen LogP contribution < -0.4 is 40.0 Å². The Morgan fingerprint density at radius 1 is 0.909 bits per heavy atom. The van der Waals surface area contributed by atoms with Crippen molar-refractivity contribution in [3.05, 3.63) is 0 Å². The molecule has 0 fully saturated rings. The van der Waals surface area contributed by atoms with Crippen molar-refractivity contribution in [2.24, 2.45) is 5.92 Å². The molecule has 0 aromatic carbocycles. The van der Waals surface area contributed by atoms with Gasteiger partial charge in [-0.05, 0) is 12.3 Å². The monoisotopic (exact) mass is 321 g/mol. The normalized spacial score (nSPS) is 11.8. The third-order valence-corrected chi connectivity index (χ3v) is 3.74. The number of carbonyl (C=O) groups excluding carboxylic acids is 2. The summed E-state index contributed by atoms with van der Waals surface area (Å²) in [7, 11) is 0. The summed E-state index contributed by atoms with van der Waals surface area (Å²) in [4.78, 5) is 22.5. The summed E-state index contributed by atoms with van der Waals surface area (Å²) in [6.45, 7) is 5.74. The smallest absolute Gasteiger partial charge is 0.548 e. The number of unbranched alkanes of at least 4 members (excludes halogenated alkanes) is 8. The molecular weight excluding hydrogens is 289 g/mol. The Morgan fingerprint density at radius 2 is 1.36 bits per heavy atom. The minimum Gasteiger partial charge on any atom is -0.548 e. The van der Waals surface area contributed by atoms with Crippen LogP contribution in [0.1, 0.15) is 85.0 Å². The first kappa shape index (κ1) is 24.2. The van der Waals surface area contributed by atoms with Gasteiger partial charge in [-0.2, -0.15) is 0 Å². The molecule has 0 spiro atoms. The quantitative estimate of drug-likeness (QED) is 0.377. The zero-order valence-electron chi connectivity index (χ0n) is 15.0. The predicted octanol–water partition coefficient (Wildman–Crippen LogP) is -0.198. The Labute approximate surface area is 158 Å². The Morgan fingerprint density at radius 3 is 1.77 bits per heavy atom. The summed E-state index contributed by atoms with van der Waals surface area (Å²) >= 11 is 0. The number of hydrogen-bond donors (Lipinski definition) is 1. The number of amides is 1. The van der Waals surface area contributed by atoms with Gasteiger partial charge in [0.1, 0.15) is 0 Å². The van der Waals surface area contributed by atoms with Gasteiger partial charge in [0.2, 0.25) is 5.91 Å². The van der Waals surface area contributed by atoms with Gasteiger partial charge >= 0.3 is 29.6 Å². The summed E-state index contributed by atoms with van der Waals surface area (Å²) < 4.78 is 0. The molecule has 1 amide bonds. The summed E-state index contributed by atoms with van der Waals surface area (Å²) in [6, 6.07) is -0.879. The van der Waals surface area contributed by atoms with E-state index in [9.17, 15) is 14.7 Å². The molecule has 0 rings (SSSR count). The van der Waals surface area contributed by atoms with Crippen LogP contribution in [0, 0.1) is 5.92 Å². The molecule has 5 heteroatoms. The molecule has 124 valence electrons. The maximum atomic E-state index is 11.7. The largest absolute Gasteiger partial charge is 1.00 e. The third-order valence-electron chi connectivity index (χ3n) is 3.74. The van der Waals surface area contributed by atoms with E-state index in [1.807, 2.05) is 0 Å². The standard InChI is InChI=1S/C17H33NO3.Na/c1-4-5-6-7-8-9-10-11-12-13-15(19)18-16(14(2)3)17(20)21;/h14,16H,4-13H2,1-3H3,(H,18,19)(H,20,21);/q;+1/p-1/t16-;/m0./s1. The molecule has 0 aliphatic heterocycles. The fourth-order valence-electron chi connectivity index (χ4n) is 2.34. The second kappa shape index (κ2) is 15.8. The van der Waals surface area contributed by atoms with Gasteiger partial charge in [-0.1, -0.05) is 72.1 Å². The van der Waals surface area contributed by atoms with E-state index in [1.54, 1.807) is 13.8 Å². The van der Waals surface area contributed by atoms with Crippen molar-refractivity contribution in [3.63, 3.8) is 0 Å². The first-order valence-electron chi connectivity index (χ1n) is 8.49. The molecule has 22 heavy (non-hydrogen) atoms. The molecule has 0 saturated carbocycles. The molecule has 1 N–H and O–H groups in total. The molecular formula is C17H32NNaO3. The topological polar surface area (TPSA) is 69.2 Å². The Bertz CT molecular complexity index is 296. The fourth-order valence-corrected chi connectivity index (χ4v) is 2.34. The number of carbonyl (C=O) groups is 2. The summed E-state index contributed by atoms with van der Waals surface area (Å²) in [6.07, 6.45) is 11.2. The van der Waals surface area contributed by atoms with E-state index in [0.29, 0.717) is 6.42 Å². The van der Waals surface area contributed by atoms with Crippen molar-refractivity contribution in [2.45, 2.75) is 91.0 Å². The van der Waals surface area contributed by atoms with Crippen LogP contribution in [0.15, 0.2) is 0 Å². The van der Waals surface area contributed by atoms with E-state index >= 15 is 0 Å². The number of rotatable bonds is 13. The molecule has 1 atom stereocenters. The average molecular weight is 321 g/mol. The van der Waals surface area contributed by atoms with Gasteiger partial charge in [-0.25, -0.2) is 0 Å². The van der Waals surface area contributed by atoms with Crippen LogP contribution in [0.2, 0.25) is 0 Å². The van der Waals surface area contributed by atoms with Crippen LogP contribution in [0.25, 0.3) is 0 Å². The van der Waals surface area contributed by atoms with E-state index in [4.69, 9.17) is 0 Å². The summed E-state index contributed by atoms with van der Waals surface area (Å²) in [5.74, 6) is -1.53. The van der Waals surface area contributed by atoms with Crippen molar-refractivity contribution >= 4 is 11.9 Å². The van der Waals surface area contributed by atoms with Gasteiger partial charge in [0.25, 0.3) is 0 Å². The molecule has 0 aromatic rings. The van der Waals surface area contributed by atoms with E-state index in [1.165, 1.54) is 38.5 Å². The maximum Gasteiger partial charge on any atom is 1.00 e. The minimum absolute atomic E-state index is 0. The van der Waals surface area contributed by atoms with Gasteiger partial charge < -0.3 is 15.2 Å². The van der Waals surface area contributed by atoms with E-state index in [-0.39, 0.29) is 41.4 Å². The molecule has 4 nitrogen and oxygen atoms in total.